The van der Waals surface area contributed by atoms with E-state index in [4.69, 9.17) is 0 Å². The zero-order valence-electron chi connectivity index (χ0n) is 13.9. The first-order chi connectivity index (χ1) is 11.4. The Morgan fingerprint density at radius 2 is 1.88 bits per heavy atom. The van der Waals surface area contributed by atoms with Crippen molar-refractivity contribution in [2.75, 3.05) is 31.5 Å². The van der Waals surface area contributed by atoms with Crippen molar-refractivity contribution in [1.29, 1.82) is 0 Å². The lowest BCUT2D eigenvalue weighted by molar-refractivity contribution is -0.138. The number of anilines is 1. The number of rotatable bonds is 2. The molecule has 1 atom stereocenters. The van der Waals surface area contributed by atoms with E-state index < -0.39 is 0 Å². The summed E-state index contributed by atoms with van der Waals surface area (Å²) in [5, 5.41) is 2.80. The average molecular weight is 347 g/mol. The summed E-state index contributed by atoms with van der Waals surface area (Å²) in [6.07, 6.45) is 0.309. The van der Waals surface area contributed by atoms with Crippen LogP contribution in [0.25, 0.3) is 0 Å². The summed E-state index contributed by atoms with van der Waals surface area (Å²) in [5.41, 5.74) is 1.68. The number of nitrogens with one attached hydrogen (secondary N) is 1. The highest BCUT2D eigenvalue weighted by Gasteiger charge is 2.25. The van der Waals surface area contributed by atoms with Gasteiger partial charge in [-0.15, -0.1) is 11.8 Å². The minimum atomic E-state index is -0.0949. The normalized spacial score (nSPS) is 20.4. The van der Waals surface area contributed by atoms with Crippen LogP contribution in [0.3, 0.4) is 0 Å². The summed E-state index contributed by atoms with van der Waals surface area (Å²) < 4.78 is 0. The van der Waals surface area contributed by atoms with Gasteiger partial charge in [-0.2, -0.15) is 0 Å². The number of carbonyl (C=O) groups is 3. The molecule has 3 amide bonds. The second-order valence-electron chi connectivity index (χ2n) is 6.14. The van der Waals surface area contributed by atoms with Gasteiger partial charge in [-0.25, -0.2) is 0 Å². The van der Waals surface area contributed by atoms with Crippen molar-refractivity contribution in [2.24, 2.45) is 0 Å². The van der Waals surface area contributed by atoms with E-state index in [1.807, 2.05) is 25.1 Å². The van der Waals surface area contributed by atoms with Gasteiger partial charge in [0, 0.05) is 38.0 Å². The Morgan fingerprint density at radius 3 is 2.54 bits per heavy atom. The number of nitrogens with zero attached hydrogens (tertiary/aromatic N) is 2. The van der Waals surface area contributed by atoms with Gasteiger partial charge in [0.2, 0.25) is 17.7 Å². The van der Waals surface area contributed by atoms with Crippen LogP contribution in [0.4, 0.5) is 5.69 Å². The summed E-state index contributed by atoms with van der Waals surface area (Å²) in [7, 11) is 0. The number of fused-ring (bicyclic) bond motifs is 1. The molecule has 3 rings (SSSR count). The second kappa shape index (κ2) is 6.84. The quantitative estimate of drug-likeness (QED) is 0.877. The third kappa shape index (κ3) is 3.56. The average Bonchev–Trinajstić information content (AvgIpc) is 2.56. The van der Waals surface area contributed by atoms with Crippen LogP contribution in [-0.4, -0.2) is 59.0 Å². The van der Waals surface area contributed by atoms with Gasteiger partial charge in [0.1, 0.15) is 0 Å². The maximum absolute atomic E-state index is 12.5. The van der Waals surface area contributed by atoms with Gasteiger partial charge in [0.25, 0.3) is 0 Å². The summed E-state index contributed by atoms with van der Waals surface area (Å²) in [4.78, 5) is 40.2. The fraction of sp³-hybridized carbons (Fsp3) is 0.471. The maximum Gasteiger partial charge on any atom is 0.237 e. The fourth-order valence-electron chi connectivity index (χ4n) is 2.92. The molecule has 1 aromatic rings. The molecule has 2 heterocycles. The van der Waals surface area contributed by atoms with Crippen LogP contribution >= 0.6 is 11.8 Å². The predicted molar refractivity (Wildman–Crippen MR) is 92.9 cm³/mol. The molecule has 1 unspecified atom stereocenters. The Morgan fingerprint density at radius 1 is 1.21 bits per heavy atom. The van der Waals surface area contributed by atoms with Gasteiger partial charge in [0.05, 0.1) is 17.4 Å². The van der Waals surface area contributed by atoms with Gasteiger partial charge in [-0.3, -0.25) is 14.4 Å². The molecule has 7 heteroatoms. The van der Waals surface area contributed by atoms with Gasteiger partial charge in [-0.1, -0.05) is 6.07 Å². The SMILES string of the molecule is CC(=O)N1CCN(C(=O)Cc2ccc3c(c2)NC(=O)C(C)S3)CC1. The highest BCUT2D eigenvalue weighted by atomic mass is 32.2. The Bertz CT molecular complexity index is 684. The van der Waals surface area contributed by atoms with Gasteiger partial charge < -0.3 is 15.1 Å². The van der Waals surface area contributed by atoms with E-state index in [9.17, 15) is 14.4 Å². The van der Waals surface area contributed by atoms with Crippen LogP contribution in [0, 0.1) is 0 Å². The first-order valence-electron chi connectivity index (χ1n) is 8.08. The molecule has 0 spiro atoms. The molecule has 6 nitrogen and oxygen atoms in total. The largest absolute Gasteiger partial charge is 0.339 e. The summed E-state index contributed by atoms with van der Waals surface area (Å²) in [5.74, 6) is 0.108. The third-order valence-corrected chi connectivity index (χ3v) is 5.59. The van der Waals surface area contributed by atoms with Crippen LogP contribution in [0.5, 0.6) is 0 Å². The first kappa shape index (κ1) is 16.8. The van der Waals surface area contributed by atoms with Crippen molar-refractivity contribution < 1.29 is 14.4 Å². The molecule has 0 bridgehead atoms. The molecule has 1 saturated heterocycles. The van der Waals surface area contributed by atoms with E-state index in [1.165, 1.54) is 11.8 Å². The Hall–Kier alpha value is -2.02. The number of carbonyl (C=O) groups excluding carboxylic acids is 3. The van der Waals surface area contributed by atoms with E-state index in [2.05, 4.69) is 5.32 Å². The van der Waals surface area contributed by atoms with Crippen molar-refractivity contribution in [1.82, 2.24) is 9.80 Å². The number of hydrogen-bond acceptors (Lipinski definition) is 4. The molecule has 24 heavy (non-hydrogen) atoms. The number of amides is 3. The summed E-state index contributed by atoms with van der Waals surface area (Å²) >= 11 is 1.53. The monoisotopic (exact) mass is 347 g/mol. The second-order valence-corrected chi connectivity index (χ2v) is 7.53. The van der Waals surface area contributed by atoms with Gasteiger partial charge in [-0.05, 0) is 24.6 Å². The van der Waals surface area contributed by atoms with Crippen LogP contribution < -0.4 is 5.32 Å². The Kier molecular flexibility index (Phi) is 4.80. The first-order valence-corrected chi connectivity index (χ1v) is 8.96. The van der Waals surface area contributed by atoms with Crippen molar-refractivity contribution >= 4 is 35.2 Å². The van der Waals surface area contributed by atoms with Crippen molar-refractivity contribution in [3.8, 4) is 0 Å². The van der Waals surface area contributed by atoms with Crippen molar-refractivity contribution in [3.63, 3.8) is 0 Å². The fourth-order valence-corrected chi connectivity index (χ4v) is 3.85. The standard InChI is InChI=1S/C17H21N3O3S/c1-11-17(23)18-14-9-13(3-4-15(14)24-11)10-16(22)20-7-5-19(6-8-20)12(2)21/h3-4,9,11H,5-8,10H2,1-2H3,(H,18,23). The van der Waals surface area contributed by atoms with E-state index in [-0.39, 0.29) is 23.0 Å². The molecule has 0 saturated carbocycles. The van der Waals surface area contributed by atoms with Gasteiger partial charge >= 0.3 is 0 Å². The smallest absolute Gasteiger partial charge is 0.237 e. The highest BCUT2D eigenvalue weighted by molar-refractivity contribution is 8.00. The van der Waals surface area contributed by atoms with Crippen LogP contribution in [0.1, 0.15) is 19.4 Å². The molecule has 1 aromatic carbocycles. The minimum absolute atomic E-state index is 0.00340. The number of benzene rings is 1. The Labute approximate surface area is 145 Å². The van der Waals surface area contributed by atoms with E-state index in [0.29, 0.717) is 32.6 Å². The molecule has 128 valence electrons. The molecule has 1 N–H and O–H groups in total. The minimum Gasteiger partial charge on any atom is -0.339 e. The number of thioether (sulfide) groups is 1. The molecular weight excluding hydrogens is 326 g/mol. The lowest BCUT2D eigenvalue weighted by Gasteiger charge is -2.34. The lowest BCUT2D eigenvalue weighted by atomic mass is 10.1. The maximum atomic E-state index is 12.5. The predicted octanol–water partition coefficient (Wildman–Crippen LogP) is 1.35. The third-order valence-electron chi connectivity index (χ3n) is 4.41. The molecule has 0 aromatic heterocycles. The number of hydrogen-bond donors (Lipinski definition) is 1. The molecule has 2 aliphatic rings. The zero-order chi connectivity index (χ0) is 17.3. The zero-order valence-corrected chi connectivity index (χ0v) is 14.7. The van der Waals surface area contributed by atoms with Crippen LogP contribution in [-0.2, 0) is 20.8 Å². The topological polar surface area (TPSA) is 69.7 Å². The van der Waals surface area contributed by atoms with Crippen LogP contribution in [0.2, 0.25) is 0 Å². The Balaban J connectivity index is 1.62. The molecule has 0 radical (unpaired) electrons. The lowest BCUT2D eigenvalue weighted by Crippen LogP contribution is -2.50. The summed E-state index contributed by atoms with van der Waals surface area (Å²) in [6.45, 7) is 5.77. The van der Waals surface area contributed by atoms with Gasteiger partial charge in [0.15, 0.2) is 0 Å². The molecule has 1 fully saturated rings. The number of piperazine rings is 1. The van der Waals surface area contributed by atoms with Crippen molar-refractivity contribution in [2.45, 2.75) is 30.4 Å². The summed E-state index contributed by atoms with van der Waals surface area (Å²) in [6, 6.07) is 5.79. The van der Waals surface area contributed by atoms with E-state index in [0.717, 1.165) is 16.1 Å². The van der Waals surface area contributed by atoms with E-state index >= 15 is 0 Å². The van der Waals surface area contributed by atoms with Crippen molar-refractivity contribution in [3.05, 3.63) is 23.8 Å². The van der Waals surface area contributed by atoms with E-state index in [1.54, 1.807) is 16.7 Å². The van der Waals surface area contributed by atoms with Crippen LogP contribution in [0.15, 0.2) is 23.1 Å². The molecular formula is C17H21N3O3S. The highest BCUT2D eigenvalue weighted by Crippen LogP contribution is 2.36. The molecule has 2 aliphatic heterocycles. The molecule has 0 aliphatic carbocycles.